The molecular weight excluding hydrogens is 264 g/mol. The van der Waals surface area contributed by atoms with Crippen molar-refractivity contribution in [3.8, 4) is 0 Å². The van der Waals surface area contributed by atoms with Crippen LogP contribution in [0.5, 0.6) is 0 Å². The van der Waals surface area contributed by atoms with E-state index in [1.54, 1.807) is 4.90 Å². The molecule has 0 spiro atoms. The minimum atomic E-state index is -0.0656. The van der Waals surface area contributed by atoms with Crippen LogP contribution in [0.2, 0.25) is 0 Å². The zero-order valence-corrected chi connectivity index (χ0v) is 13.1. The highest BCUT2D eigenvalue weighted by Gasteiger charge is 2.20. The number of hydrogen-bond donors (Lipinski definition) is 1. The molecule has 2 amide bonds. The third-order valence-electron chi connectivity index (χ3n) is 3.84. The summed E-state index contributed by atoms with van der Waals surface area (Å²) in [5.41, 5.74) is 2.61. The van der Waals surface area contributed by atoms with Crippen LogP contribution in [-0.4, -0.2) is 36.3 Å². The van der Waals surface area contributed by atoms with E-state index in [9.17, 15) is 9.59 Å². The number of nitrogens with zero attached hydrogens (tertiary/aromatic N) is 1. The van der Waals surface area contributed by atoms with Gasteiger partial charge in [-0.15, -0.1) is 0 Å². The molecule has 1 aliphatic heterocycles. The maximum absolute atomic E-state index is 12.1. The standard InChI is InChI=1S/C17H24N2O2/c1-17(2,3)14-7-4-13(5-8-14)6-9-16(21)19-11-10-18-15(20)12-19/h4-5,7-8H,6,9-12H2,1-3H3,(H,18,20). The van der Waals surface area contributed by atoms with Gasteiger partial charge in [-0.05, 0) is 23.0 Å². The monoisotopic (exact) mass is 288 g/mol. The maximum atomic E-state index is 12.1. The highest BCUT2D eigenvalue weighted by Crippen LogP contribution is 2.22. The topological polar surface area (TPSA) is 49.4 Å². The molecule has 1 heterocycles. The summed E-state index contributed by atoms with van der Waals surface area (Å²) in [6, 6.07) is 8.45. The van der Waals surface area contributed by atoms with Crippen LogP contribution in [-0.2, 0) is 21.4 Å². The van der Waals surface area contributed by atoms with Gasteiger partial charge < -0.3 is 10.2 Å². The molecule has 0 atom stereocenters. The molecule has 2 rings (SSSR count). The van der Waals surface area contributed by atoms with Crippen molar-refractivity contribution in [1.29, 1.82) is 0 Å². The van der Waals surface area contributed by atoms with Gasteiger partial charge in [-0.2, -0.15) is 0 Å². The van der Waals surface area contributed by atoms with Gasteiger partial charge in [0.05, 0.1) is 6.54 Å². The first-order valence-electron chi connectivity index (χ1n) is 7.50. The van der Waals surface area contributed by atoms with E-state index < -0.39 is 0 Å². The predicted octanol–water partition coefficient (Wildman–Crippen LogP) is 1.88. The molecule has 1 fully saturated rings. The molecule has 1 aromatic carbocycles. The first-order valence-corrected chi connectivity index (χ1v) is 7.50. The van der Waals surface area contributed by atoms with E-state index >= 15 is 0 Å². The summed E-state index contributed by atoms with van der Waals surface area (Å²) in [6.07, 6.45) is 1.18. The summed E-state index contributed by atoms with van der Waals surface area (Å²) < 4.78 is 0. The molecule has 114 valence electrons. The average Bonchev–Trinajstić information content (AvgIpc) is 2.44. The Labute approximate surface area is 126 Å². The smallest absolute Gasteiger partial charge is 0.239 e. The molecule has 0 aliphatic carbocycles. The molecule has 1 aromatic rings. The molecule has 0 unspecified atom stereocenters. The Kier molecular flexibility index (Phi) is 4.66. The zero-order chi connectivity index (χ0) is 15.5. The van der Waals surface area contributed by atoms with Gasteiger partial charge in [0.2, 0.25) is 11.8 Å². The van der Waals surface area contributed by atoms with Crippen molar-refractivity contribution >= 4 is 11.8 Å². The quantitative estimate of drug-likeness (QED) is 0.923. The molecule has 21 heavy (non-hydrogen) atoms. The number of amides is 2. The maximum Gasteiger partial charge on any atom is 0.239 e. The highest BCUT2D eigenvalue weighted by atomic mass is 16.2. The molecule has 4 heteroatoms. The minimum absolute atomic E-state index is 0.0600. The second kappa shape index (κ2) is 6.29. The minimum Gasteiger partial charge on any atom is -0.353 e. The normalized spacial score (nSPS) is 15.8. The Hall–Kier alpha value is -1.84. The number of carbonyl (C=O) groups excluding carboxylic acids is 2. The van der Waals surface area contributed by atoms with Crippen LogP contribution in [0.3, 0.4) is 0 Å². The van der Waals surface area contributed by atoms with E-state index in [1.807, 2.05) is 0 Å². The zero-order valence-electron chi connectivity index (χ0n) is 13.1. The Balaban J connectivity index is 1.88. The second-order valence-electron chi connectivity index (χ2n) is 6.61. The van der Waals surface area contributed by atoms with E-state index in [0.29, 0.717) is 19.5 Å². The highest BCUT2D eigenvalue weighted by molar-refractivity contribution is 5.85. The molecule has 4 nitrogen and oxygen atoms in total. The Morgan fingerprint density at radius 3 is 2.48 bits per heavy atom. The number of carbonyl (C=O) groups is 2. The first-order chi connectivity index (χ1) is 9.86. The number of rotatable bonds is 3. The molecular formula is C17H24N2O2. The van der Waals surface area contributed by atoms with Crippen LogP contribution in [0.25, 0.3) is 0 Å². The van der Waals surface area contributed by atoms with Crippen LogP contribution >= 0.6 is 0 Å². The van der Waals surface area contributed by atoms with Gasteiger partial charge >= 0.3 is 0 Å². The van der Waals surface area contributed by atoms with Crippen molar-refractivity contribution in [2.45, 2.75) is 39.0 Å². The Morgan fingerprint density at radius 1 is 1.24 bits per heavy atom. The van der Waals surface area contributed by atoms with Crippen LogP contribution in [0, 0.1) is 0 Å². The lowest BCUT2D eigenvalue weighted by atomic mass is 9.86. The second-order valence-corrected chi connectivity index (χ2v) is 6.61. The van der Waals surface area contributed by atoms with Crippen LogP contribution < -0.4 is 5.32 Å². The number of aryl methyl sites for hydroxylation is 1. The van der Waals surface area contributed by atoms with Gasteiger partial charge in [0.25, 0.3) is 0 Å². The van der Waals surface area contributed by atoms with Crippen molar-refractivity contribution in [2.24, 2.45) is 0 Å². The van der Waals surface area contributed by atoms with Crippen LogP contribution in [0.4, 0.5) is 0 Å². The molecule has 0 bridgehead atoms. The molecule has 0 aromatic heterocycles. The molecule has 1 aliphatic rings. The number of piperazine rings is 1. The van der Waals surface area contributed by atoms with Gasteiger partial charge in [-0.1, -0.05) is 45.0 Å². The van der Waals surface area contributed by atoms with Crippen molar-refractivity contribution in [3.05, 3.63) is 35.4 Å². The van der Waals surface area contributed by atoms with Gasteiger partial charge in [-0.25, -0.2) is 0 Å². The van der Waals surface area contributed by atoms with E-state index in [1.165, 1.54) is 5.56 Å². The lowest BCUT2D eigenvalue weighted by Gasteiger charge is -2.26. The van der Waals surface area contributed by atoms with Crippen LogP contribution in [0.15, 0.2) is 24.3 Å². The van der Waals surface area contributed by atoms with Gasteiger partial charge in [-0.3, -0.25) is 9.59 Å². The number of nitrogens with one attached hydrogen (secondary N) is 1. The first kappa shape index (κ1) is 15.5. The molecule has 0 radical (unpaired) electrons. The van der Waals surface area contributed by atoms with Gasteiger partial charge in [0, 0.05) is 19.5 Å². The van der Waals surface area contributed by atoms with Crippen LogP contribution in [0.1, 0.15) is 38.3 Å². The van der Waals surface area contributed by atoms with Gasteiger partial charge in [0.1, 0.15) is 0 Å². The van der Waals surface area contributed by atoms with E-state index in [4.69, 9.17) is 0 Å². The molecule has 0 saturated carbocycles. The third-order valence-corrected chi connectivity index (χ3v) is 3.84. The lowest BCUT2D eigenvalue weighted by molar-refractivity contribution is -0.138. The summed E-state index contributed by atoms with van der Waals surface area (Å²) in [6.45, 7) is 7.94. The fourth-order valence-electron chi connectivity index (χ4n) is 2.43. The Bertz CT molecular complexity index is 515. The van der Waals surface area contributed by atoms with Crippen molar-refractivity contribution in [3.63, 3.8) is 0 Å². The average molecular weight is 288 g/mol. The lowest BCUT2D eigenvalue weighted by Crippen LogP contribution is -2.50. The fraction of sp³-hybridized carbons (Fsp3) is 0.529. The number of benzene rings is 1. The van der Waals surface area contributed by atoms with Crippen molar-refractivity contribution < 1.29 is 9.59 Å². The van der Waals surface area contributed by atoms with E-state index in [-0.39, 0.29) is 23.8 Å². The predicted molar refractivity (Wildman–Crippen MR) is 83.1 cm³/mol. The molecule has 1 N–H and O–H groups in total. The van der Waals surface area contributed by atoms with Crippen molar-refractivity contribution in [2.75, 3.05) is 19.6 Å². The van der Waals surface area contributed by atoms with Gasteiger partial charge in [0.15, 0.2) is 0 Å². The SMILES string of the molecule is CC(C)(C)c1ccc(CCC(=O)N2CCNC(=O)C2)cc1. The summed E-state index contributed by atoms with van der Waals surface area (Å²) in [4.78, 5) is 25.0. The third kappa shape index (κ3) is 4.31. The summed E-state index contributed by atoms with van der Waals surface area (Å²) in [7, 11) is 0. The summed E-state index contributed by atoms with van der Waals surface area (Å²) >= 11 is 0. The number of hydrogen-bond acceptors (Lipinski definition) is 2. The fourth-order valence-corrected chi connectivity index (χ4v) is 2.43. The van der Waals surface area contributed by atoms with E-state index in [0.717, 1.165) is 12.0 Å². The Morgan fingerprint density at radius 2 is 1.90 bits per heavy atom. The molecule has 1 saturated heterocycles. The van der Waals surface area contributed by atoms with Crippen molar-refractivity contribution in [1.82, 2.24) is 10.2 Å². The van der Waals surface area contributed by atoms with E-state index in [2.05, 4.69) is 50.4 Å². The summed E-state index contributed by atoms with van der Waals surface area (Å²) in [5.74, 6) is -0.00567. The largest absolute Gasteiger partial charge is 0.353 e. The summed E-state index contributed by atoms with van der Waals surface area (Å²) in [5, 5.41) is 2.73.